The van der Waals surface area contributed by atoms with E-state index in [-0.39, 0.29) is 17.6 Å². The fourth-order valence-corrected chi connectivity index (χ4v) is 6.84. The zero-order valence-electron chi connectivity index (χ0n) is 20.0. The van der Waals surface area contributed by atoms with Crippen LogP contribution in [0.15, 0.2) is 82.3 Å². The first-order valence-electron chi connectivity index (χ1n) is 11.8. The predicted molar refractivity (Wildman–Crippen MR) is 151 cm³/mol. The van der Waals surface area contributed by atoms with E-state index in [0.717, 1.165) is 38.9 Å². The van der Waals surface area contributed by atoms with Crippen molar-refractivity contribution in [2.75, 3.05) is 28.3 Å². The minimum atomic E-state index is -0.160. The molecule has 3 aromatic carbocycles. The van der Waals surface area contributed by atoms with E-state index in [2.05, 4.69) is 31.9 Å². The Morgan fingerprint density at radius 3 is 2.71 bits per heavy atom. The minimum Gasteiger partial charge on any atom is -0.325 e. The molecule has 1 aliphatic rings. The van der Waals surface area contributed by atoms with Crippen molar-refractivity contribution in [2.45, 2.75) is 15.9 Å². The van der Waals surface area contributed by atoms with Crippen molar-refractivity contribution in [1.29, 1.82) is 0 Å². The average molecular weight is 560 g/mol. The molecule has 38 heavy (non-hydrogen) atoms. The quantitative estimate of drug-likeness (QED) is 0.273. The van der Waals surface area contributed by atoms with E-state index in [9.17, 15) is 9.59 Å². The number of amides is 2. The molecule has 0 aliphatic carbocycles. The van der Waals surface area contributed by atoms with E-state index in [1.165, 1.54) is 40.4 Å². The molecule has 0 saturated heterocycles. The molecule has 0 atom stereocenters. The second-order valence-electron chi connectivity index (χ2n) is 8.42. The molecule has 1 N–H and O–H groups in total. The number of anilines is 2. The van der Waals surface area contributed by atoms with Crippen molar-refractivity contribution in [3.63, 3.8) is 0 Å². The van der Waals surface area contributed by atoms with E-state index in [1.807, 2.05) is 71.6 Å². The first-order valence-corrected chi connectivity index (χ1v) is 14.6. The van der Waals surface area contributed by atoms with Crippen LogP contribution >= 0.6 is 34.9 Å². The van der Waals surface area contributed by atoms with Crippen molar-refractivity contribution >= 4 is 68.3 Å². The largest absolute Gasteiger partial charge is 0.325 e. The van der Waals surface area contributed by atoms with Crippen LogP contribution in [0.25, 0.3) is 15.9 Å². The van der Waals surface area contributed by atoms with Gasteiger partial charge in [0.15, 0.2) is 4.34 Å². The molecule has 12 heteroatoms. The SMILES string of the molecule is O=C(CSc1nnnn1-c1ccccc1)Nc1ccc2nc(SCC(=O)N3CCc4ccccc43)sc2c1. The molecule has 190 valence electrons. The summed E-state index contributed by atoms with van der Waals surface area (Å²) in [6.45, 7) is 0.723. The maximum atomic E-state index is 12.8. The summed E-state index contributed by atoms with van der Waals surface area (Å²) in [5.74, 6) is 0.421. The van der Waals surface area contributed by atoms with Crippen molar-refractivity contribution in [3.8, 4) is 5.69 Å². The van der Waals surface area contributed by atoms with Gasteiger partial charge in [-0.3, -0.25) is 9.59 Å². The number of aromatic nitrogens is 5. The van der Waals surface area contributed by atoms with Gasteiger partial charge in [-0.25, -0.2) is 4.98 Å². The Morgan fingerprint density at radius 1 is 0.974 bits per heavy atom. The molecular formula is C26H21N7O2S3. The summed E-state index contributed by atoms with van der Waals surface area (Å²) in [4.78, 5) is 32.0. The first kappa shape index (κ1) is 24.6. The summed E-state index contributed by atoms with van der Waals surface area (Å²) in [7, 11) is 0. The molecule has 0 radical (unpaired) electrons. The maximum Gasteiger partial charge on any atom is 0.237 e. The number of para-hydroxylation sites is 2. The number of thiazole rings is 1. The monoisotopic (exact) mass is 559 g/mol. The van der Waals surface area contributed by atoms with E-state index in [0.29, 0.717) is 16.6 Å². The third-order valence-corrected chi connectivity index (χ3v) is 9.00. The Labute approximate surface area is 230 Å². The smallest absolute Gasteiger partial charge is 0.237 e. The number of carbonyl (C=O) groups excluding carboxylic acids is 2. The summed E-state index contributed by atoms with van der Waals surface area (Å²) in [6.07, 6.45) is 0.894. The summed E-state index contributed by atoms with van der Waals surface area (Å²) < 4.78 is 3.38. The van der Waals surface area contributed by atoms with Crippen LogP contribution in [0, 0.1) is 0 Å². The fraction of sp³-hybridized carbons (Fsp3) is 0.154. The third-order valence-electron chi connectivity index (χ3n) is 5.93. The van der Waals surface area contributed by atoms with Crippen molar-refractivity contribution < 1.29 is 9.59 Å². The van der Waals surface area contributed by atoms with Gasteiger partial charge in [-0.2, -0.15) is 4.68 Å². The van der Waals surface area contributed by atoms with Crippen LogP contribution < -0.4 is 10.2 Å². The first-order chi connectivity index (χ1) is 18.6. The van der Waals surface area contributed by atoms with Crippen molar-refractivity contribution in [1.82, 2.24) is 25.2 Å². The normalized spacial score (nSPS) is 12.6. The van der Waals surface area contributed by atoms with Gasteiger partial charge in [0.2, 0.25) is 17.0 Å². The minimum absolute atomic E-state index is 0.0861. The van der Waals surface area contributed by atoms with Crippen LogP contribution in [0.2, 0.25) is 0 Å². The van der Waals surface area contributed by atoms with Crippen molar-refractivity contribution in [3.05, 3.63) is 78.4 Å². The highest BCUT2D eigenvalue weighted by Crippen LogP contribution is 2.33. The molecule has 3 heterocycles. The Kier molecular flexibility index (Phi) is 7.08. The molecule has 2 aromatic heterocycles. The zero-order valence-corrected chi connectivity index (χ0v) is 22.4. The van der Waals surface area contributed by atoms with Gasteiger partial charge < -0.3 is 10.2 Å². The second kappa shape index (κ2) is 10.9. The van der Waals surface area contributed by atoms with Crippen LogP contribution in [0.4, 0.5) is 11.4 Å². The van der Waals surface area contributed by atoms with Gasteiger partial charge in [-0.1, -0.05) is 59.9 Å². The second-order valence-corrected chi connectivity index (χ2v) is 11.6. The van der Waals surface area contributed by atoms with E-state index >= 15 is 0 Å². The molecule has 0 spiro atoms. The maximum absolute atomic E-state index is 12.8. The van der Waals surface area contributed by atoms with Gasteiger partial charge >= 0.3 is 0 Å². The number of tetrazole rings is 1. The highest BCUT2D eigenvalue weighted by Gasteiger charge is 2.24. The number of fused-ring (bicyclic) bond motifs is 2. The predicted octanol–water partition coefficient (Wildman–Crippen LogP) is 4.68. The van der Waals surface area contributed by atoms with Crippen LogP contribution in [0.5, 0.6) is 0 Å². The molecule has 0 saturated carbocycles. The van der Waals surface area contributed by atoms with Gasteiger partial charge in [0, 0.05) is 17.9 Å². The molecule has 0 fully saturated rings. The van der Waals surface area contributed by atoms with Gasteiger partial charge in [0.1, 0.15) is 0 Å². The summed E-state index contributed by atoms with van der Waals surface area (Å²) in [5.41, 5.74) is 4.59. The van der Waals surface area contributed by atoms with Crippen LogP contribution in [0.1, 0.15) is 5.56 Å². The molecular weight excluding hydrogens is 539 g/mol. The number of hydrogen-bond donors (Lipinski definition) is 1. The van der Waals surface area contributed by atoms with Gasteiger partial charge in [0.25, 0.3) is 0 Å². The Bertz CT molecular complexity index is 1620. The lowest BCUT2D eigenvalue weighted by atomic mass is 10.2. The number of carbonyl (C=O) groups is 2. The Hall–Kier alpha value is -3.74. The van der Waals surface area contributed by atoms with Gasteiger partial charge in [0.05, 0.1) is 27.4 Å². The lowest BCUT2D eigenvalue weighted by Crippen LogP contribution is -2.30. The molecule has 2 amide bonds. The third kappa shape index (κ3) is 5.28. The highest BCUT2D eigenvalue weighted by atomic mass is 32.2. The highest BCUT2D eigenvalue weighted by molar-refractivity contribution is 8.01. The van der Waals surface area contributed by atoms with E-state index < -0.39 is 0 Å². The Morgan fingerprint density at radius 2 is 1.82 bits per heavy atom. The lowest BCUT2D eigenvalue weighted by Gasteiger charge is -2.16. The topological polar surface area (TPSA) is 106 Å². The van der Waals surface area contributed by atoms with Crippen molar-refractivity contribution in [2.24, 2.45) is 0 Å². The average Bonchev–Trinajstić information content (AvgIpc) is 3.69. The number of nitrogens with zero attached hydrogens (tertiary/aromatic N) is 6. The number of benzene rings is 3. The van der Waals surface area contributed by atoms with Crippen LogP contribution in [-0.2, 0) is 16.0 Å². The Balaban J connectivity index is 1.05. The van der Waals surface area contributed by atoms with Crippen LogP contribution in [0.3, 0.4) is 0 Å². The standard InChI is InChI=1S/C26H21N7O2S3/c34-23(15-36-25-29-30-31-33(25)19-7-2-1-3-8-19)27-18-10-11-20-22(14-18)38-26(28-20)37-16-24(35)32-13-12-17-6-4-5-9-21(17)32/h1-11,14H,12-13,15-16H2,(H,27,34). The summed E-state index contributed by atoms with van der Waals surface area (Å²) in [5, 5.41) is 15.3. The summed E-state index contributed by atoms with van der Waals surface area (Å²) in [6, 6.07) is 23.2. The van der Waals surface area contributed by atoms with E-state index in [4.69, 9.17) is 0 Å². The zero-order chi connectivity index (χ0) is 25.9. The van der Waals surface area contributed by atoms with Gasteiger partial charge in [-0.15, -0.1) is 16.4 Å². The van der Waals surface area contributed by atoms with E-state index in [1.54, 1.807) is 4.68 Å². The van der Waals surface area contributed by atoms with Gasteiger partial charge in [-0.05, 0) is 58.8 Å². The number of thioether (sulfide) groups is 2. The molecule has 5 aromatic rings. The number of rotatable bonds is 8. The molecule has 0 unspecified atom stereocenters. The van der Waals surface area contributed by atoms with Crippen LogP contribution in [-0.4, -0.2) is 55.1 Å². The lowest BCUT2D eigenvalue weighted by molar-refractivity contribution is -0.116. The number of nitrogens with one attached hydrogen (secondary N) is 1. The fourth-order valence-electron chi connectivity index (χ4n) is 4.17. The molecule has 9 nitrogen and oxygen atoms in total. The number of hydrogen-bond acceptors (Lipinski definition) is 9. The molecule has 1 aliphatic heterocycles. The molecule has 0 bridgehead atoms. The summed E-state index contributed by atoms with van der Waals surface area (Å²) >= 11 is 4.23. The molecule has 6 rings (SSSR count).